The van der Waals surface area contributed by atoms with Gasteiger partial charge in [0.25, 0.3) is 0 Å². The number of carbonyl (C=O) groups excluding carboxylic acids is 1. The van der Waals surface area contributed by atoms with Gasteiger partial charge >= 0.3 is 12.6 Å². The van der Waals surface area contributed by atoms with Crippen molar-refractivity contribution in [2.24, 2.45) is 5.92 Å². The topological polar surface area (TPSA) is 70.6 Å². The van der Waals surface area contributed by atoms with Gasteiger partial charge in [-0.1, -0.05) is 26.0 Å². The number of aliphatic hydroxyl groups excluding tert-OH is 1. The summed E-state index contributed by atoms with van der Waals surface area (Å²) in [6.07, 6.45) is 0.0199. The van der Waals surface area contributed by atoms with Gasteiger partial charge in [-0.05, 0) is 30.0 Å². The molecule has 0 aliphatic heterocycles. The number of hydrogen-bond donors (Lipinski definition) is 3. The molecular weight excluding hydrogens is 294 g/mol. The number of amides is 2. The van der Waals surface area contributed by atoms with Crippen LogP contribution in [0.15, 0.2) is 24.3 Å². The van der Waals surface area contributed by atoms with Crippen LogP contribution in [0.3, 0.4) is 0 Å². The fourth-order valence-corrected chi connectivity index (χ4v) is 1.74. The van der Waals surface area contributed by atoms with Crippen LogP contribution in [0.25, 0.3) is 0 Å². The summed E-state index contributed by atoms with van der Waals surface area (Å²) < 4.78 is 28.5. The smallest absolute Gasteiger partial charge is 0.387 e. The zero-order valence-electron chi connectivity index (χ0n) is 12.7. The van der Waals surface area contributed by atoms with E-state index in [4.69, 9.17) is 0 Å². The maximum Gasteiger partial charge on any atom is 0.387 e. The Morgan fingerprint density at radius 2 is 2.05 bits per heavy atom. The van der Waals surface area contributed by atoms with Gasteiger partial charge in [0.15, 0.2) is 0 Å². The molecule has 1 atom stereocenters. The van der Waals surface area contributed by atoms with Crippen molar-refractivity contribution in [3.8, 4) is 5.75 Å². The number of urea groups is 1. The number of benzene rings is 1. The molecule has 3 N–H and O–H groups in total. The Labute approximate surface area is 128 Å². The largest absolute Gasteiger partial charge is 0.435 e. The molecule has 1 unspecified atom stereocenters. The molecule has 0 aliphatic carbocycles. The standard InChI is InChI=1S/C15H22F2N2O3/c1-10(2)13(20)6-7-18-15(21)19-9-11-4-3-5-12(8-11)22-14(16)17/h3-5,8,10,13-14,20H,6-7,9H2,1-2H3,(H2,18,19,21). The van der Waals surface area contributed by atoms with Crippen LogP contribution in [-0.4, -0.2) is 30.4 Å². The molecule has 1 aromatic rings. The highest BCUT2D eigenvalue weighted by Gasteiger charge is 2.09. The third kappa shape index (κ3) is 7.21. The van der Waals surface area contributed by atoms with Gasteiger partial charge in [-0.2, -0.15) is 8.78 Å². The van der Waals surface area contributed by atoms with Crippen molar-refractivity contribution in [3.63, 3.8) is 0 Å². The Hall–Kier alpha value is -1.89. The highest BCUT2D eigenvalue weighted by atomic mass is 19.3. The molecule has 0 saturated heterocycles. The van der Waals surface area contributed by atoms with Crippen molar-refractivity contribution >= 4 is 6.03 Å². The highest BCUT2D eigenvalue weighted by molar-refractivity contribution is 5.73. The van der Waals surface area contributed by atoms with Crippen molar-refractivity contribution in [3.05, 3.63) is 29.8 Å². The number of aliphatic hydroxyl groups is 1. The van der Waals surface area contributed by atoms with E-state index in [1.807, 2.05) is 13.8 Å². The van der Waals surface area contributed by atoms with Gasteiger partial charge in [0.2, 0.25) is 0 Å². The van der Waals surface area contributed by atoms with Crippen molar-refractivity contribution in [1.29, 1.82) is 0 Å². The molecule has 0 spiro atoms. The second-order valence-electron chi connectivity index (χ2n) is 5.24. The summed E-state index contributed by atoms with van der Waals surface area (Å²) in [6, 6.07) is 5.75. The van der Waals surface area contributed by atoms with Crippen LogP contribution in [0.5, 0.6) is 5.75 Å². The Bertz CT molecular complexity index is 470. The Morgan fingerprint density at radius 3 is 2.68 bits per heavy atom. The lowest BCUT2D eigenvalue weighted by atomic mass is 10.0. The van der Waals surface area contributed by atoms with Crippen LogP contribution in [-0.2, 0) is 6.54 Å². The Kier molecular flexibility index (Phi) is 7.59. The first-order valence-corrected chi connectivity index (χ1v) is 7.12. The van der Waals surface area contributed by atoms with Crippen LogP contribution >= 0.6 is 0 Å². The van der Waals surface area contributed by atoms with Gasteiger partial charge in [-0.3, -0.25) is 0 Å². The minimum absolute atomic E-state index is 0.0507. The minimum Gasteiger partial charge on any atom is -0.435 e. The molecule has 1 aromatic carbocycles. The van der Waals surface area contributed by atoms with E-state index in [9.17, 15) is 18.7 Å². The number of ether oxygens (including phenoxy) is 1. The van der Waals surface area contributed by atoms with Crippen molar-refractivity contribution < 1.29 is 23.4 Å². The van der Waals surface area contributed by atoms with Gasteiger partial charge in [-0.25, -0.2) is 4.79 Å². The molecule has 124 valence electrons. The van der Waals surface area contributed by atoms with E-state index in [1.165, 1.54) is 12.1 Å². The molecule has 0 aliphatic rings. The van der Waals surface area contributed by atoms with Gasteiger partial charge in [-0.15, -0.1) is 0 Å². The summed E-state index contributed by atoms with van der Waals surface area (Å²) in [5, 5.41) is 14.8. The molecule has 7 heteroatoms. The molecule has 2 amide bonds. The van der Waals surface area contributed by atoms with Gasteiger partial charge in [0, 0.05) is 13.1 Å². The minimum atomic E-state index is -2.88. The summed E-state index contributed by atoms with van der Waals surface area (Å²) in [6.45, 7) is 1.48. The summed E-state index contributed by atoms with van der Waals surface area (Å²) >= 11 is 0. The molecule has 1 rings (SSSR count). The third-order valence-corrected chi connectivity index (χ3v) is 3.07. The normalized spacial score (nSPS) is 12.3. The first-order chi connectivity index (χ1) is 10.4. The van der Waals surface area contributed by atoms with Gasteiger partial charge in [0.1, 0.15) is 5.75 Å². The quantitative estimate of drug-likeness (QED) is 0.690. The molecule has 22 heavy (non-hydrogen) atoms. The summed E-state index contributed by atoms with van der Waals surface area (Å²) in [5.41, 5.74) is 0.649. The second-order valence-corrected chi connectivity index (χ2v) is 5.24. The predicted molar refractivity (Wildman–Crippen MR) is 78.8 cm³/mol. The number of alkyl halides is 2. The Balaban J connectivity index is 2.32. The molecular formula is C15H22F2N2O3. The molecule has 0 bridgehead atoms. The average molecular weight is 316 g/mol. The lowest BCUT2D eigenvalue weighted by molar-refractivity contribution is -0.0498. The molecule has 0 saturated carbocycles. The lowest BCUT2D eigenvalue weighted by Gasteiger charge is -2.14. The lowest BCUT2D eigenvalue weighted by Crippen LogP contribution is -2.37. The first-order valence-electron chi connectivity index (χ1n) is 7.12. The summed E-state index contributed by atoms with van der Waals surface area (Å²) in [5.74, 6) is 0.192. The van der Waals surface area contributed by atoms with E-state index >= 15 is 0 Å². The number of rotatable bonds is 8. The van der Waals surface area contributed by atoms with Crippen LogP contribution in [0, 0.1) is 5.92 Å². The van der Waals surface area contributed by atoms with Gasteiger partial charge in [0.05, 0.1) is 6.10 Å². The third-order valence-electron chi connectivity index (χ3n) is 3.07. The zero-order chi connectivity index (χ0) is 16.5. The van der Waals surface area contributed by atoms with Crippen LogP contribution < -0.4 is 15.4 Å². The maximum absolute atomic E-state index is 12.1. The van der Waals surface area contributed by atoms with Crippen molar-refractivity contribution in [2.75, 3.05) is 6.54 Å². The number of hydrogen-bond acceptors (Lipinski definition) is 3. The average Bonchev–Trinajstić information content (AvgIpc) is 2.44. The molecule has 0 radical (unpaired) electrons. The van der Waals surface area contributed by atoms with Gasteiger partial charge < -0.3 is 20.5 Å². The van der Waals surface area contributed by atoms with E-state index in [0.717, 1.165) is 0 Å². The van der Waals surface area contributed by atoms with Crippen LogP contribution in [0.4, 0.5) is 13.6 Å². The van der Waals surface area contributed by atoms with E-state index in [0.29, 0.717) is 18.5 Å². The summed E-state index contributed by atoms with van der Waals surface area (Å²) in [4.78, 5) is 11.6. The second kappa shape index (κ2) is 9.19. The van der Waals surface area contributed by atoms with Crippen LogP contribution in [0.2, 0.25) is 0 Å². The van der Waals surface area contributed by atoms with E-state index < -0.39 is 12.7 Å². The number of carbonyl (C=O) groups is 1. The van der Waals surface area contributed by atoms with Crippen LogP contribution in [0.1, 0.15) is 25.8 Å². The SMILES string of the molecule is CC(C)C(O)CCNC(=O)NCc1cccc(OC(F)F)c1. The fourth-order valence-electron chi connectivity index (χ4n) is 1.74. The fraction of sp³-hybridized carbons (Fsp3) is 0.533. The summed E-state index contributed by atoms with van der Waals surface area (Å²) in [7, 11) is 0. The monoisotopic (exact) mass is 316 g/mol. The Morgan fingerprint density at radius 1 is 1.32 bits per heavy atom. The maximum atomic E-state index is 12.1. The van der Waals surface area contributed by atoms with Crippen molar-refractivity contribution in [2.45, 2.75) is 39.5 Å². The first kappa shape index (κ1) is 18.2. The van der Waals surface area contributed by atoms with Crippen molar-refractivity contribution in [1.82, 2.24) is 10.6 Å². The molecule has 0 fully saturated rings. The molecule has 0 aromatic heterocycles. The highest BCUT2D eigenvalue weighted by Crippen LogP contribution is 2.15. The number of nitrogens with one attached hydrogen (secondary N) is 2. The zero-order valence-corrected chi connectivity index (χ0v) is 12.7. The van der Waals surface area contributed by atoms with E-state index in [2.05, 4.69) is 15.4 Å². The predicted octanol–water partition coefficient (Wildman–Crippen LogP) is 2.49. The van der Waals surface area contributed by atoms with E-state index in [1.54, 1.807) is 12.1 Å². The molecule has 5 nitrogen and oxygen atoms in total. The number of halogens is 2. The molecule has 0 heterocycles. The van der Waals surface area contributed by atoms with E-state index in [-0.39, 0.29) is 24.2 Å².